The molecule has 2 rings (SSSR count). The molecule has 0 aliphatic heterocycles. The number of halogens is 1. The summed E-state index contributed by atoms with van der Waals surface area (Å²) in [6, 6.07) is 7.91. The van der Waals surface area contributed by atoms with Gasteiger partial charge in [-0.25, -0.2) is 4.98 Å². The van der Waals surface area contributed by atoms with Crippen molar-refractivity contribution in [2.24, 2.45) is 0 Å². The maximum atomic E-state index is 5.96. The van der Waals surface area contributed by atoms with Crippen LogP contribution in [0.2, 0.25) is 5.02 Å². The number of hydrogen-bond donors (Lipinski definition) is 1. The smallest absolute Gasteiger partial charge is 0.0946 e. The molecule has 0 aliphatic carbocycles. The maximum Gasteiger partial charge on any atom is 0.0946 e. The summed E-state index contributed by atoms with van der Waals surface area (Å²) in [5.74, 6) is 0. The Bertz CT molecular complexity index is 552. The van der Waals surface area contributed by atoms with Gasteiger partial charge in [-0.15, -0.1) is 11.8 Å². The molecule has 1 heterocycles. The zero-order chi connectivity index (χ0) is 14.5. The predicted molar refractivity (Wildman–Crippen MR) is 95.1 cm³/mol. The first-order valence-corrected chi connectivity index (χ1v) is 8.34. The van der Waals surface area contributed by atoms with Crippen molar-refractivity contribution in [3.8, 4) is 0 Å². The van der Waals surface area contributed by atoms with Crippen molar-refractivity contribution in [1.82, 2.24) is 9.55 Å². The van der Waals surface area contributed by atoms with Gasteiger partial charge >= 0.3 is 0 Å². The molecule has 0 N–H and O–H groups in total. The lowest BCUT2D eigenvalue weighted by Crippen LogP contribution is -2.11. The molecule has 0 radical (unpaired) electrons. The zero-order valence-electron chi connectivity index (χ0n) is 10.9. The van der Waals surface area contributed by atoms with E-state index in [1.807, 2.05) is 43.7 Å². The van der Waals surface area contributed by atoms with E-state index in [4.69, 9.17) is 23.8 Å². The van der Waals surface area contributed by atoms with E-state index in [2.05, 4.69) is 22.2 Å². The summed E-state index contributed by atoms with van der Waals surface area (Å²) in [6.07, 6.45) is 5.55. The highest BCUT2D eigenvalue weighted by molar-refractivity contribution is 8.24. The molecule has 0 fully saturated rings. The van der Waals surface area contributed by atoms with Crippen LogP contribution < -0.4 is 0 Å². The van der Waals surface area contributed by atoms with Crippen molar-refractivity contribution < 1.29 is 0 Å². The largest absolute Gasteiger partial charge is 0.336 e. The van der Waals surface area contributed by atoms with Crippen molar-refractivity contribution in [1.29, 1.82) is 0 Å². The van der Waals surface area contributed by atoms with Crippen molar-refractivity contribution in [3.63, 3.8) is 0 Å². The van der Waals surface area contributed by atoms with Gasteiger partial charge in [-0.05, 0) is 24.6 Å². The molecule has 2 atom stereocenters. The Morgan fingerprint density at radius 2 is 2.15 bits per heavy atom. The molecule has 6 heteroatoms. The van der Waals surface area contributed by atoms with Crippen LogP contribution in [0, 0.1) is 0 Å². The average Bonchev–Trinajstić information content (AvgIpc) is 2.91. The lowest BCUT2D eigenvalue weighted by molar-refractivity contribution is 0.685. The highest BCUT2D eigenvalue weighted by Crippen LogP contribution is 2.34. The molecule has 20 heavy (non-hydrogen) atoms. The van der Waals surface area contributed by atoms with E-state index in [1.165, 1.54) is 5.56 Å². The van der Waals surface area contributed by atoms with E-state index in [1.54, 1.807) is 18.0 Å². The molecular formula is C14H15ClN2S3. The van der Waals surface area contributed by atoms with Gasteiger partial charge in [0.2, 0.25) is 0 Å². The second kappa shape index (κ2) is 7.50. The highest BCUT2D eigenvalue weighted by atomic mass is 35.5. The third kappa shape index (κ3) is 4.52. The summed E-state index contributed by atoms with van der Waals surface area (Å²) < 4.78 is 2.95. The normalized spacial score (nSPS) is 13.9. The Morgan fingerprint density at radius 1 is 1.45 bits per heavy atom. The van der Waals surface area contributed by atoms with Crippen LogP contribution in [0.25, 0.3) is 0 Å². The first-order chi connectivity index (χ1) is 9.56. The minimum atomic E-state index is 0.0904. The number of imidazole rings is 1. The fourth-order valence-corrected chi connectivity index (χ4v) is 3.39. The summed E-state index contributed by atoms with van der Waals surface area (Å²) in [7, 11) is 0. The van der Waals surface area contributed by atoms with Crippen molar-refractivity contribution in [2.75, 3.05) is 0 Å². The number of hydrogen-bond acceptors (Lipinski definition) is 4. The number of aromatic nitrogens is 2. The van der Waals surface area contributed by atoms with E-state index in [9.17, 15) is 0 Å². The van der Waals surface area contributed by atoms with Crippen LogP contribution in [0.4, 0.5) is 0 Å². The van der Waals surface area contributed by atoms with Crippen LogP contribution in [0.1, 0.15) is 17.7 Å². The second-order valence-corrected chi connectivity index (χ2v) is 7.57. The molecule has 0 aliphatic rings. The van der Waals surface area contributed by atoms with Crippen LogP contribution >= 0.6 is 48.2 Å². The highest BCUT2D eigenvalue weighted by Gasteiger charge is 2.17. The minimum absolute atomic E-state index is 0.0904. The summed E-state index contributed by atoms with van der Waals surface area (Å²) in [6.45, 7) is 2.81. The molecule has 1 aromatic carbocycles. The van der Waals surface area contributed by atoms with Crippen LogP contribution in [0.3, 0.4) is 0 Å². The molecule has 0 bridgehead atoms. The number of thioether (sulfide) groups is 1. The standard InChI is InChI=1S/C14H15ClN2S3/c1-10(18)14(19)20-13(8-17-7-6-16-9-17)11-2-4-12(15)5-3-11/h2-7,9-10,13,18H,8H2,1H3. The quantitative estimate of drug-likeness (QED) is 0.629. The Morgan fingerprint density at radius 3 is 2.70 bits per heavy atom. The summed E-state index contributed by atoms with van der Waals surface area (Å²) in [5, 5.41) is 1.06. The van der Waals surface area contributed by atoms with Crippen LogP contribution in [0.5, 0.6) is 0 Å². The zero-order valence-corrected chi connectivity index (χ0v) is 14.2. The van der Waals surface area contributed by atoms with Crippen molar-refractivity contribution >= 4 is 52.4 Å². The Balaban J connectivity index is 2.19. The third-order valence-electron chi connectivity index (χ3n) is 2.78. The number of nitrogens with zero attached hydrogens (tertiary/aromatic N) is 2. The molecule has 1 aromatic heterocycles. The van der Waals surface area contributed by atoms with Gasteiger partial charge in [0.1, 0.15) is 0 Å². The van der Waals surface area contributed by atoms with E-state index in [-0.39, 0.29) is 10.5 Å². The molecule has 0 spiro atoms. The fourth-order valence-electron chi connectivity index (χ4n) is 1.71. The first-order valence-electron chi connectivity index (χ1n) is 6.16. The van der Waals surface area contributed by atoms with Gasteiger partial charge in [0.05, 0.1) is 15.8 Å². The maximum absolute atomic E-state index is 5.96. The van der Waals surface area contributed by atoms with Crippen molar-refractivity contribution in [2.45, 2.75) is 24.0 Å². The molecule has 106 valence electrons. The second-order valence-electron chi connectivity index (χ2n) is 4.41. The van der Waals surface area contributed by atoms with Crippen LogP contribution in [0.15, 0.2) is 43.0 Å². The SMILES string of the molecule is CC(S)C(=S)SC(Cn1ccnc1)c1ccc(Cl)cc1. The molecule has 0 saturated carbocycles. The van der Waals surface area contributed by atoms with Gasteiger partial charge in [-0.3, -0.25) is 0 Å². The van der Waals surface area contributed by atoms with Gasteiger partial charge in [0.15, 0.2) is 0 Å². The lowest BCUT2D eigenvalue weighted by atomic mass is 10.1. The van der Waals surface area contributed by atoms with Gasteiger partial charge in [-0.1, -0.05) is 36.0 Å². The fraction of sp³-hybridized carbons (Fsp3) is 0.286. The summed E-state index contributed by atoms with van der Waals surface area (Å²) in [4.78, 5) is 4.08. The molecule has 2 unspecified atom stereocenters. The van der Waals surface area contributed by atoms with Gasteiger partial charge in [-0.2, -0.15) is 12.6 Å². The topological polar surface area (TPSA) is 17.8 Å². The summed E-state index contributed by atoms with van der Waals surface area (Å²) in [5.41, 5.74) is 1.20. The monoisotopic (exact) mass is 342 g/mol. The van der Waals surface area contributed by atoms with Crippen LogP contribution in [-0.2, 0) is 6.54 Å². The number of benzene rings is 1. The Hall–Kier alpha value is -0.490. The van der Waals surface area contributed by atoms with E-state index in [0.29, 0.717) is 0 Å². The molecular weight excluding hydrogens is 328 g/mol. The van der Waals surface area contributed by atoms with Crippen LogP contribution in [-0.4, -0.2) is 19.0 Å². The van der Waals surface area contributed by atoms with E-state index >= 15 is 0 Å². The van der Waals surface area contributed by atoms with E-state index < -0.39 is 0 Å². The van der Waals surface area contributed by atoms with E-state index in [0.717, 1.165) is 15.8 Å². The average molecular weight is 343 g/mol. The lowest BCUT2D eigenvalue weighted by Gasteiger charge is -2.19. The van der Waals surface area contributed by atoms with Gasteiger partial charge in [0.25, 0.3) is 0 Å². The van der Waals surface area contributed by atoms with Crippen molar-refractivity contribution in [3.05, 3.63) is 53.6 Å². The Labute approximate surface area is 139 Å². The number of thiocarbonyl (C=S) groups is 1. The molecule has 0 amide bonds. The summed E-state index contributed by atoms with van der Waals surface area (Å²) >= 11 is 17.4. The number of thiol groups is 1. The van der Waals surface area contributed by atoms with Gasteiger partial charge in [0, 0.05) is 29.2 Å². The van der Waals surface area contributed by atoms with Gasteiger partial charge < -0.3 is 4.57 Å². The third-order valence-corrected chi connectivity index (χ3v) is 5.57. The molecule has 2 aromatic rings. The number of rotatable bonds is 5. The minimum Gasteiger partial charge on any atom is -0.336 e. The Kier molecular flexibility index (Phi) is 5.96. The predicted octanol–water partition coefficient (Wildman–Crippen LogP) is 4.66. The first kappa shape index (κ1) is 15.9. The molecule has 2 nitrogen and oxygen atoms in total. The molecule has 0 saturated heterocycles.